The van der Waals surface area contributed by atoms with Crippen LogP contribution < -0.4 is 5.32 Å². The van der Waals surface area contributed by atoms with Crippen molar-refractivity contribution in [2.75, 3.05) is 11.1 Å². The summed E-state index contributed by atoms with van der Waals surface area (Å²) in [4.78, 5) is 12.7. The van der Waals surface area contributed by atoms with Gasteiger partial charge in [0.15, 0.2) is 11.0 Å². The molecule has 0 saturated carbocycles. The first-order valence-corrected chi connectivity index (χ1v) is 11.3. The van der Waals surface area contributed by atoms with Crippen molar-refractivity contribution in [3.8, 4) is 22.5 Å². The lowest BCUT2D eigenvalue weighted by Crippen LogP contribution is -2.15. The largest absolute Gasteiger partial charge is 0.325 e. The lowest BCUT2D eigenvalue weighted by molar-refractivity contribution is -0.113. The Balaban J connectivity index is 1.48. The molecule has 0 radical (unpaired) electrons. The lowest BCUT2D eigenvalue weighted by atomic mass is 10.0. The van der Waals surface area contributed by atoms with Gasteiger partial charge >= 0.3 is 0 Å². The van der Waals surface area contributed by atoms with Crippen LogP contribution in [0.15, 0.2) is 96.7 Å². The molecule has 4 rings (SSSR count). The van der Waals surface area contributed by atoms with Gasteiger partial charge in [-0.25, -0.2) is 0 Å². The molecule has 0 unspecified atom stereocenters. The summed E-state index contributed by atoms with van der Waals surface area (Å²) in [6.45, 7) is 6.47. The quantitative estimate of drug-likeness (QED) is 0.276. The van der Waals surface area contributed by atoms with Crippen LogP contribution in [-0.2, 0) is 11.3 Å². The second kappa shape index (κ2) is 10.1. The SMILES string of the molecule is C=CCn1c(SCC(=O)Nc2ccccc2-c2ccccc2)nnc1-c1ccc(C)cc1. The van der Waals surface area contributed by atoms with Crippen LogP contribution in [0, 0.1) is 6.92 Å². The molecule has 6 heteroatoms. The Bertz CT molecular complexity index is 1220. The number of amides is 1. The Labute approximate surface area is 192 Å². The molecule has 0 atom stereocenters. The van der Waals surface area contributed by atoms with E-state index in [1.165, 1.54) is 17.3 Å². The highest BCUT2D eigenvalue weighted by atomic mass is 32.2. The number of aromatic nitrogens is 3. The van der Waals surface area contributed by atoms with E-state index in [0.717, 1.165) is 28.2 Å². The summed E-state index contributed by atoms with van der Waals surface area (Å²) in [5.74, 6) is 0.900. The van der Waals surface area contributed by atoms with Crippen LogP contribution in [-0.4, -0.2) is 26.4 Å². The summed E-state index contributed by atoms with van der Waals surface area (Å²) in [7, 11) is 0. The Kier molecular flexibility index (Phi) is 6.82. The molecule has 0 bridgehead atoms. The molecule has 32 heavy (non-hydrogen) atoms. The van der Waals surface area contributed by atoms with Gasteiger partial charge in [-0.2, -0.15) is 0 Å². The van der Waals surface area contributed by atoms with Gasteiger partial charge in [-0.05, 0) is 18.6 Å². The maximum atomic E-state index is 12.7. The van der Waals surface area contributed by atoms with E-state index >= 15 is 0 Å². The van der Waals surface area contributed by atoms with Crippen molar-refractivity contribution >= 4 is 23.4 Å². The molecule has 0 aliphatic carbocycles. The van der Waals surface area contributed by atoms with Crippen LogP contribution in [0.25, 0.3) is 22.5 Å². The van der Waals surface area contributed by atoms with Gasteiger partial charge in [0.1, 0.15) is 0 Å². The first-order valence-electron chi connectivity index (χ1n) is 10.3. The van der Waals surface area contributed by atoms with E-state index in [4.69, 9.17) is 0 Å². The molecule has 4 aromatic rings. The fraction of sp³-hybridized carbons (Fsp3) is 0.115. The summed E-state index contributed by atoms with van der Waals surface area (Å²) < 4.78 is 1.98. The van der Waals surface area contributed by atoms with Crippen molar-refractivity contribution in [3.05, 3.63) is 97.1 Å². The summed E-state index contributed by atoms with van der Waals surface area (Å²) in [6, 6.07) is 26.0. The number of carbonyl (C=O) groups is 1. The van der Waals surface area contributed by atoms with Crippen LogP contribution >= 0.6 is 11.8 Å². The zero-order valence-corrected chi connectivity index (χ0v) is 18.7. The van der Waals surface area contributed by atoms with Gasteiger partial charge in [0.2, 0.25) is 5.91 Å². The molecule has 1 aromatic heterocycles. The Morgan fingerprint density at radius 3 is 2.44 bits per heavy atom. The molecule has 1 heterocycles. The van der Waals surface area contributed by atoms with Gasteiger partial charge in [-0.15, -0.1) is 16.8 Å². The van der Waals surface area contributed by atoms with E-state index in [0.29, 0.717) is 11.7 Å². The van der Waals surface area contributed by atoms with Crippen LogP contribution in [0.1, 0.15) is 5.56 Å². The standard InChI is InChI=1S/C26H24N4OS/c1-3-17-30-25(21-15-13-19(2)14-16-21)28-29-26(30)32-18-24(31)27-23-12-8-7-11-22(23)20-9-5-4-6-10-20/h3-16H,1,17-18H2,2H3,(H,27,31). The zero-order chi connectivity index (χ0) is 22.3. The third-order valence-corrected chi connectivity index (χ3v) is 5.92. The summed E-state index contributed by atoms with van der Waals surface area (Å²) in [5.41, 5.74) is 5.01. The zero-order valence-electron chi connectivity index (χ0n) is 17.9. The smallest absolute Gasteiger partial charge is 0.234 e. The van der Waals surface area contributed by atoms with Crippen molar-refractivity contribution < 1.29 is 4.79 Å². The van der Waals surface area contributed by atoms with Crippen molar-refractivity contribution in [2.45, 2.75) is 18.6 Å². The molecule has 0 aliphatic heterocycles. The highest BCUT2D eigenvalue weighted by Crippen LogP contribution is 2.28. The van der Waals surface area contributed by atoms with E-state index < -0.39 is 0 Å². The molecule has 5 nitrogen and oxygen atoms in total. The fourth-order valence-electron chi connectivity index (χ4n) is 3.38. The fourth-order valence-corrected chi connectivity index (χ4v) is 4.13. The van der Waals surface area contributed by atoms with E-state index in [1.54, 1.807) is 6.08 Å². The molecule has 1 amide bonds. The van der Waals surface area contributed by atoms with Crippen LogP contribution in [0.5, 0.6) is 0 Å². The number of nitrogens with one attached hydrogen (secondary N) is 1. The Morgan fingerprint density at radius 1 is 0.969 bits per heavy atom. The van der Waals surface area contributed by atoms with Crippen LogP contribution in [0.3, 0.4) is 0 Å². The van der Waals surface area contributed by atoms with Gasteiger partial charge in [-0.1, -0.05) is 96.2 Å². The van der Waals surface area contributed by atoms with Crippen molar-refractivity contribution in [3.63, 3.8) is 0 Å². The molecule has 3 aromatic carbocycles. The van der Waals surface area contributed by atoms with Crippen molar-refractivity contribution in [2.24, 2.45) is 0 Å². The van der Waals surface area contributed by atoms with Gasteiger partial charge < -0.3 is 5.32 Å². The minimum absolute atomic E-state index is 0.0941. The maximum absolute atomic E-state index is 12.7. The number of benzene rings is 3. The monoisotopic (exact) mass is 440 g/mol. The Morgan fingerprint density at radius 2 is 1.69 bits per heavy atom. The number of para-hydroxylation sites is 1. The summed E-state index contributed by atoms with van der Waals surface area (Å²) >= 11 is 1.36. The predicted molar refractivity (Wildman–Crippen MR) is 132 cm³/mol. The van der Waals surface area contributed by atoms with Gasteiger partial charge in [-0.3, -0.25) is 9.36 Å². The molecular weight excluding hydrogens is 416 g/mol. The molecule has 0 spiro atoms. The van der Waals surface area contributed by atoms with Crippen molar-refractivity contribution in [1.29, 1.82) is 0 Å². The number of aryl methyl sites for hydroxylation is 1. The number of rotatable bonds is 8. The number of anilines is 1. The minimum atomic E-state index is -0.0941. The van der Waals surface area contributed by atoms with Gasteiger partial charge in [0.05, 0.1) is 5.75 Å². The third kappa shape index (κ3) is 4.98. The minimum Gasteiger partial charge on any atom is -0.325 e. The number of allylic oxidation sites excluding steroid dienone is 1. The van der Waals surface area contributed by atoms with E-state index in [9.17, 15) is 4.79 Å². The predicted octanol–water partition coefficient (Wildman–Crippen LogP) is 5.84. The Hall–Kier alpha value is -3.64. The molecule has 0 aliphatic rings. The van der Waals surface area contributed by atoms with Gasteiger partial charge in [0.25, 0.3) is 0 Å². The number of nitrogens with zero attached hydrogens (tertiary/aromatic N) is 3. The number of thioether (sulfide) groups is 1. The second-order valence-corrected chi connectivity index (χ2v) is 8.26. The molecule has 1 N–H and O–H groups in total. The average molecular weight is 441 g/mol. The third-order valence-electron chi connectivity index (χ3n) is 4.96. The highest BCUT2D eigenvalue weighted by molar-refractivity contribution is 7.99. The second-order valence-electron chi connectivity index (χ2n) is 7.32. The molecule has 0 saturated heterocycles. The van der Waals surface area contributed by atoms with Crippen molar-refractivity contribution in [1.82, 2.24) is 14.8 Å². The van der Waals surface area contributed by atoms with E-state index in [-0.39, 0.29) is 11.7 Å². The average Bonchev–Trinajstić information content (AvgIpc) is 3.22. The molecule has 160 valence electrons. The van der Waals surface area contributed by atoms with Crippen LogP contribution in [0.2, 0.25) is 0 Å². The van der Waals surface area contributed by atoms with E-state index in [1.807, 2.05) is 90.4 Å². The van der Waals surface area contributed by atoms with Crippen LogP contribution in [0.4, 0.5) is 5.69 Å². The summed E-state index contributed by atoms with van der Waals surface area (Å²) in [6.07, 6.45) is 1.81. The lowest BCUT2D eigenvalue weighted by Gasteiger charge is -2.11. The first-order chi connectivity index (χ1) is 15.7. The normalized spacial score (nSPS) is 10.7. The highest BCUT2D eigenvalue weighted by Gasteiger charge is 2.15. The molecular formula is C26H24N4OS. The first kappa shape index (κ1) is 21.6. The number of carbonyl (C=O) groups excluding carboxylic acids is 1. The molecule has 0 fully saturated rings. The summed E-state index contributed by atoms with van der Waals surface area (Å²) in [5, 5.41) is 12.4. The maximum Gasteiger partial charge on any atom is 0.234 e. The van der Waals surface area contributed by atoms with E-state index in [2.05, 4.69) is 22.1 Å². The number of hydrogen-bond acceptors (Lipinski definition) is 4. The topological polar surface area (TPSA) is 59.8 Å². The number of hydrogen-bond donors (Lipinski definition) is 1. The van der Waals surface area contributed by atoms with Gasteiger partial charge in [0, 0.05) is 23.4 Å².